The predicted molar refractivity (Wildman–Crippen MR) is 96.7 cm³/mol. The number of carbonyl (C=O) groups excluding carboxylic acids is 1. The molecular formula is C21H15N2O2+. The van der Waals surface area contributed by atoms with E-state index in [1.807, 2.05) is 49.5 Å². The first-order chi connectivity index (χ1) is 12.1. The lowest BCUT2D eigenvalue weighted by Gasteiger charge is -2.20. The second kappa shape index (κ2) is 4.80. The lowest BCUT2D eigenvalue weighted by atomic mass is 9.95. The van der Waals surface area contributed by atoms with E-state index in [0.717, 1.165) is 44.4 Å². The number of nitrogens with two attached hydrogens (primary N) is 1. The second-order valence-corrected chi connectivity index (χ2v) is 6.28. The fourth-order valence-electron chi connectivity index (χ4n) is 3.75. The molecule has 0 saturated carbocycles. The van der Waals surface area contributed by atoms with Crippen molar-refractivity contribution in [3.05, 3.63) is 66.2 Å². The molecule has 1 aliphatic heterocycles. The Morgan fingerprint density at radius 3 is 2.60 bits per heavy atom. The first-order valence-electron chi connectivity index (χ1n) is 8.10. The van der Waals surface area contributed by atoms with Crippen molar-refractivity contribution in [2.45, 2.75) is 0 Å². The molecule has 4 aromatic rings. The number of benzene rings is 3. The molecule has 4 heteroatoms. The Balaban J connectivity index is 2.03. The summed E-state index contributed by atoms with van der Waals surface area (Å²) in [5, 5.41) is 3.25. The van der Waals surface area contributed by atoms with Crippen LogP contribution < -0.4 is 15.0 Å². The van der Waals surface area contributed by atoms with Gasteiger partial charge in [0.15, 0.2) is 0 Å². The SMILES string of the molecule is C[n+]1c2c3c(cccc3c3ccc(C(N)=O)cc31)Oc1ccccc1-2. The lowest BCUT2D eigenvalue weighted by Crippen LogP contribution is -2.33. The number of hydrogen-bond acceptors (Lipinski definition) is 2. The van der Waals surface area contributed by atoms with Gasteiger partial charge in [0.1, 0.15) is 18.5 Å². The molecule has 3 aromatic carbocycles. The number of amides is 1. The summed E-state index contributed by atoms with van der Waals surface area (Å²) in [5.74, 6) is 1.26. The van der Waals surface area contributed by atoms with Crippen LogP contribution in [0.1, 0.15) is 10.4 Å². The monoisotopic (exact) mass is 327 g/mol. The van der Waals surface area contributed by atoms with Crippen LogP contribution >= 0.6 is 0 Å². The molecule has 0 saturated heterocycles. The summed E-state index contributed by atoms with van der Waals surface area (Å²) in [7, 11) is 2.01. The van der Waals surface area contributed by atoms with E-state index in [0.29, 0.717) is 5.56 Å². The van der Waals surface area contributed by atoms with E-state index in [2.05, 4.69) is 16.7 Å². The molecule has 0 atom stereocenters. The predicted octanol–water partition coefficient (Wildman–Crippen LogP) is 3.69. The van der Waals surface area contributed by atoms with Crippen LogP contribution in [0.15, 0.2) is 60.7 Å². The van der Waals surface area contributed by atoms with E-state index < -0.39 is 5.91 Å². The highest BCUT2D eigenvalue weighted by Gasteiger charge is 2.29. The minimum atomic E-state index is -0.423. The summed E-state index contributed by atoms with van der Waals surface area (Å²) in [6.45, 7) is 0. The number of primary amides is 1. The standard InChI is InChI=1S/C21H14N2O2/c1-23-16-11-12(21(22)24)9-10-13(16)14-6-4-8-18-19(14)20(23)15-5-2-3-7-17(15)25-18/h2-11H,1H3,(H-,22,24)/p+1. The van der Waals surface area contributed by atoms with Gasteiger partial charge in [-0.1, -0.05) is 24.3 Å². The highest BCUT2D eigenvalue weighted by Crippen LogP contribution is 2.46. The van der Waals surface area contributed by atoms with Crippen molar-refractivity contribution in [3.8, 4) is 22.8 Å². The van der Waals surface area contributed by atoms with Crippen LogP contribution in [-0.2, 0) is 7.05 Å². The topological polar surface area (TPSA) is 56.2 Å². The van der Waals surface area contributed by atoms with Crippen molar-refractivity contribution in [1.29, 1.82) is 0 Å². The van der Waals surface area contributed by atoms with Crippen molar-refractivity contribution in [3.63, 3.8) is 0 Å². The van der Waals surface area contributed by atoms with Gasteiger partial charge in [-0.3, -0.25) is 4.79 Å². The molecule has 0 unspecified atom stereocenters. The zero-order valence-corrected chi connectivity index (χ0v) is 13.6. The third kappa shape index (κ3) is 1.82. The average Bonchev–Trinajstić information content (AvgIpc) is 2.64. The molecule has 0 bridgehead atoms. The summed E-state index contributed by atoms with van der Waals surface area (Å²) >= 11 is 0. The molecule has 0 fully saturated rings. The Labute approximate surface area is 144 Å². The fourth-order valence-corrected chi connectivity index (χ4v) is 3.75. The quantitative estimate of drug-likeness (QED) is 0.377. The Hall–Kier alpha value is -3.40. The zero-order chi connectivity index (χ0) is 17.1. The van der Waals surface area contributed by atoms with E-state index in [1.165, 1.54) is 0 Å². The normalized spacial score (nSPS) is 12.0. The Morgan fingerprint density at radius 1 is 0.960 bits per heavy atom. The van der Waals surface area contributed by atoms with Crippen LogP contribution in [0, 0.1) is 0 Å². The number of aryl methyl sites for hydroxylation is 1. The first kappa shape index (κ1) is 14.0. The molecule has 5 rings (SSSR count). The maximum Gasteiger partial charge on any atom is 0.248 e. The van der Waals surface area contributed by atoms with Crippen molar-refractivity contribution >= 4 is 27.6 Å². The van der Waals surface area contributed by atoms with Gasteiger partial charge in [-0.2, -0.15) is 4.57 Å². The van der Waals surface area contributed by atoms with E-state index >= 15 is 0 Å². The Morgan fingerprint density at radius 2 is 1.76 bits per heavy atom. The summed E-state index contributed by atoms with van der Waals surface area (Å²) in [5.41, 5.74) is 9.08. The largest absolute Gasteiger partial charge is 0.456 e. The fraction of sp³-hybridized carbons (Fsp3) is 0.0476. The van der Waals surface area contributed by atoms with E-state index in [-0.39, 0.29) is 0 Å². The van der Waals surface area contributed by atoms with Gasteiger partial charge in [0.25, 0.3) is 0 Å². The Kier molecular flexibility index (Phi) is 2.69. The highest BCUT2D eigenvalue weighted by atomic mass is 16.5. The molecule has 0 spiro atoms. The number of carbonyl (C=O) groups is 1. The van der Waals surface area contributed by atoms with Crippen LogP contribution in [0.2, 0.25) is 0 Å². The number of nitrogens with zero attached hydrogens (tertiary/aromatic N) is 1. The summed E-state index contributed by atoms with van der Waals surface area (Å²) < 4.78 is 8.25. The number of fused-ring (bicyclic) bond motifs is 4. The van der Waals surface area contributed by atoms with Crippen LogP contribution in [0.25, 0.3) is 32.9 Å². The van der Waals surface area contributed by atoms with Crippen LogP contribution in [0.4, 0.5) is 0 Å². The molecule has 2 heterocycles. The van der Waals surface area contributed by atoms with E-state index in [4.69, 9.17) is 10.5 Å². The van der Waals surface area contributed by atoms with Crippen molar-refractivity contribution in [2.24, 2.45) is 12.8 Å². The highest BCUT2D eigenvalue weighted by molar-refractivity contribution is 6.13. The number of ether oxygens (including phenoxy) is 1. The van der Waals surface area contributed by atoms with Crippen molar-refractivity contribution in [2.75, 3.05) is 0 Å². The molecule has 120 valence electrons. The lowest BCUT2D eigenvalue weighted by molar-refractivity contribution is -0.632. The van der Waals surface area contributed by atoms with Gasteiger partial charge in [-0.15, -0.1) is 0 Å². The zero-order valence-electron chi connectivity index (χ0n) is 13.6. The third-order valence-corrected chi connectivity index (χ3v) is 4.89. The minimum Gasteiger partial charge on any atom is -0.456 e. The van der Waals surface area contributed by atoms with Crippen LogP contribution in [-0.4, -0.2) is 5.91 Å². The molecule has 1 amide bonds. The van der Waals surface area contributed by atoms with Gasteiger partial charge >= 0.3 is 0 Å². The van der Waals surface area contributed by atoms with Crippen molar-refractivity contribution in [1.82, 2.24) is 0 Å². The van der Waals surface area contributed by atoms with Gasteiger partial charge in [-0.25, -0.2) is 0 Å². The van der Waals surface area contributed by atoms with Gasteiger partial charge < -0.3 is 10.5 Å². The summed E-state index contributed by atoms with van der Waals surface area (Å²) in [6, 6.07) is 19.7. The molecule has 1 aromatic heterocycles. The third-order valence-electron chi connectivity index (χ3n) is 4.89. The average molecular weight is 327 g/mol. The summed E-state index contributed by atoms with van der Waals surface area (Å²) in [6.07, 6.45) is 0. The number of hydrogen-bond donors (Lipinski definition) is 1. The van der Waals surface area contributed by atoms with Gasteiger partial charge in [-0.05, 0) is 30.3 Å². The molecule has 2 N–H and O–H groups in total. The van der Waals surface area contributed by atoms with Gasteiger partial charge in [0, 0.05) is 17.0 Å². The summed E-state index contributed by atoms with van der Waals surface area (Å²) in [4.78, 5) is 11.6. The second-order valence-electron chi connectivity index (χ2n) is 6.28. The van der Waals surface area contributed by atoms with E-state index in [1.54, 1.807) is 6.07 Å². The van der Waals surface area contributed by atoms with E-state index in [9.17, 15) is 4.79 Å². The number of pyridine rings is 1. The first-order valence-corrected chi connectivity index (χ1v) is 8.10. The van der Waals surface area contributed by atoms with Gasteiger partial charge in [0.05, 0.1) is 16.3 Å². The number of para-hydroxylation sites is 1. The smallest absolute Gasteiger partial charge is 0.248 e. The van der Waals surface area contributed by atoms with Crippen LogP contribution in [0.5, 0.6) is 11.5 Å². The molecule has 4 nitrogen and oxygen atoms in total. The molecule has 0 radical (unpaired) electrons. The maximum absolute atomic E-state index is 11.6. The molecule has 1 aliphatic rings. The molecule has 25 heavy (non-hydrogen) atoms. The maximum atomic E-state index is 11.6. The number of rotatable bonds is 1. The molecular weight excluding hydrogens is 312 g/mol. The Bertz CT molecular complexity index is 1210. The van der Waals surface area contributed by atoms with Crippen molar-refractivity contribution < 1.29 is 14.1 Å². The number of aromatic nitrogens is 1. The van der Waals surface area contributed by atoms with Crippen LogP contribution in [0.3, 0.4) is 0 Å². The minimum absolute atomic E-state index is 0.423. The molecule has 0 aliphatic carbocycles. The van der Waals surface area contributed by atoms with Gasteiger partial charge in [0.2, 0.25) is 17.1 Å².